The van der Waals surface area contributed by atoms with Gasteiger partial charge in [0, 0.05) is 30.3 Å². The molecule has 0 unspecified atom stereocenters. The first kappa shape index (κ1) is 25.1. The lowest BCUT2D eigenvalue weighted by molar-refractivity contribution is -0.131. The van der Waals surface area contributed by atoms with Crippen molar-refractivity contribution in [2.75, 3.05) is 0 Å². The maximum atomic E-state index is 13.4. The van der Waals surface area contributed by atoms with Gasteiger partial charge in [-0.25, -0.2) is 4.79 Å². The summed E-state index contributed by atoms with van der Waals surface area (Å²) in [7, 11) is 0. The van der Waals surface area contributed by atoms with Crippen molar-refractivity contribution in [3.63, 3.8) is 0 Å². The Balaban J connectivity index is 2.06. The molecule has 6 heteroatoms. The average Bonchev–Trinajstić information content (AvgIpc) is 2.77. The molecule has 2 N–H and O–H groups in total. The summed E-state index contributed by atoms with van der Waals surface area (Å²) < 4.78 is 11.0. The molecule has 0 radical (unpaired) electrons. The molecule has 0 saturated heterocycles. The van der Waals surface area contributed by atoms with Crippen LogP contribution in [0.15, 0.2) is 48.5 Å². The molecule has 0 bridgehead atoms. The van der Waals surface area contributed by atoms with E-state index in [9.17, 15) is 9.59 Å². The number of esters is 2. The van der Waals surface area contributed by atoms with Gasteiger partial charge in [0.05, 0.1) is 11.3 Å². The van der Waals surface area contributed by atoms with Crippen LogP contribution in [0.25, 0.3) is 11.1 Å². The number of nitrogens with two attached hydrogens (primary N) is 1. The summed E-state index contributed by atoms with van der Waals surface area (Å²) in [6, 6.07) is 15.0. The zero-order valence-electron chi connectivity index (χ0n) is 20.5. The second-order valence-corrected chi connectivity index (χ2v) is 8.82. The Bertz CT molecular complexity index is 1180. The molecule has 3 aromatic rings. The minimum Gasteiger partial charge on any atom is -0.457 e. The summed E-state index contributed by atoms with van der Waals surface area (Å²) in [5.41, 5.74) is 12.4. The number of carbonyl (C=O) groups excluding carboxylic acids is 2. The van der Waals surface area contributed by atoms with Crippen molar-refractivity contribution in [1.29, 1.82) is 0 Å². The lowest BCUT2D eigenvalue weighted by Gasteiger charge is -2.20. The second kappa shape index (κ2) is 11.1. The van der Waals surface area contributed by atoms with Crippen LogP contribution in [0.2, 0.25) is 0 Å². The predicted octanol–water partition coefficient (Wildman–Crippen LogP) is 5.30. The molecule has 0 spiro atoms. The third kappa shape index (κ3) is 5.88. The number of ether oxygens (including phenoxy) is 2. The van der Waals surface area contributed by atoms with Gasteiger partial charge in [0.15, 0.2) is 0 Å². The standard InChI is InChI=1S/C28H32N2O4/c1-17(2)14-24-23(15-29)27(21-12-10-18(3)11-13-21)26(19(4)30-24)28(32)33-16-22-8-6-7-9-25(22)34-20(5)31/h6-13,17H,14-16,29H2,1-5H3. The van der Waals surface area contributed by atoms with Crippen LogP contribution < -0.4 is 10.5 Å². The van der Waals surface area contributed by atoms with Gasteiger partial charge in [0.2, 0.25) is 0 Å². The average molecular weight is 461 g/mol. The Hall–Kier alpha value is -3.51. The number of para-hydroxylation sites is 1. The van der Waals surface area contributed by atoms with Gasteiger partial charge in [0.25, 0.3) is 0 Å². The molecule has 0 fully saturated rings. The summed E-state index contributed by atoms with van der Waals surface area (Å²) in [6.45, 7) is 9.65. The maximum Gasteiger partial charge on any atom is 0.340 e. The van der Waals surface area contributed by atoms with Crippen LogP contribution >= 0.6 is 0 Å². The molecule has 1 aromatic heterocycles. The Labute approximate surface area is 201 Å². The van der Waals surface area contributed by atoms with Gasteiger partial charge in [-0.1, -0.05) is 61.9 Å². The summed E-state index contributed by atoms with van der Waals surface area (Å²) in [4.78, 5) is 29.6. The molecule has 1 heterocycles. The number of carbonyl (C=O) groups is 2. The van der Waals surface area contributed by atoms with Crippen LogP contribution in [0.5, 0.6) is 5.75 Å². The first-order valence-electron chi connectivity index (χ1n) is 11.4. The van der Waals surface area contributed by atoms with E-state index in [4.69, 9.17) is 20.2 Å². The minimum atomic E-state index is -0.496. The van der Waals surface area contributed by atoms with E-state index in [1.54, 1.807) is 24.3 Å². The molecule has 0 amide bonds. The number of rotatable bonds is 8. The molecule has 0 aliphatic heterocycles. The van der Waals surface area contributed by atoms with Gasteiger partial charge in [-0.15, -0.1) is 0 Å². The SMILES string of the molecule is CC(=O)Oc1ccccc1COC(=O)c1c(C)nc(CC(C)C)c(CN)c1-c1ccc(C)cc1. The summed E-state index contributed by atoms with van der Waals surface area (Å²) in [6.07, 6.45) is 0.761. The summed E-state index contributed by atoms with van der Waals surface area (Å²) in [5, 5.41) is 0. The summed E-state index contributed by atoms with van der Waals surface area (Å²) in [5.74, 6) is -0.178. The molecular weight excluding hydrogens is 428 g/mol. The van der Waals surface area contributed by atoms with Crippen molar-refractivity contribution in [2.24, 2.45) is 11.7 Å². The quantitative estimate of drug-likeness (QED) is 0.362. The van der Waals surface area contributed by atoms with Crippen molar-refractivity contribution < 1.29 is 19.1 Å². The highest BCUT2D eigenvalue weighted by atomic mass is 16.5. The molecule has 0 aliphatic carbocycles. The van der Waals surface area contributed by atoms with Crippen LogP contribution in [0.3, 0.4) is 0 Å². The molecule has 3 rings (SSSR count). The van der Waals surface area contributed by atoms with E-state index in [1.165, 1.54) is 6.92 Å². The molecule has 178 valence electrons. The number of pyridine rings is 1. The van der Waals surface area contributed by atoms with E-state index < -0.39 is 11.9 Å². The number of aromatic nitrogens is 1. The third-order valence-electron chi connectivity index (χ3n) is 5.50. The highest BCUT2D eigenvalue weighted by molar-refractivity contribution is 5.99. The Kier molecular flexibility index (Phi) is 8.18. The van der Waals surface area contributed by atoms with E-state index in [1.807, 2.05) is 38.1 Å². The Morgan fingerprint density at radius 2 is 1.71 bits per heavy atom. The molecule has 2 aromatic carbocycles. The fourth-order valence-corrected chi connectivity index (χ4v) is 3.96. The topological polar surface area (TPSA) is 91.5 Å². The fraction of sp³-hybridized carbons (Fsp3) is 0.321. The third-order valence-corrected chi connectivity index (χ3v) is 5.50. The van der Waals surface area contributed by atoms with Crippen molar-refractivity contribution >= 4 is 11.9 Å². The van der Waals surface area contributed by atoms with Gasteiger partial charge in [-0.05, 0) is 43.4 Å². The second-order valence-electron chi connectivity index (χ2n) is 8.82. The Morgan fingerprint density at radius 1 is 1.03 bits per heavy atom. The first-order valence-corrected chi connectivity index (χ1v) is 11.4. The van der Waals surface area contributed by atoms with E-state index >= 15 is 0 Å². The zero-order valence-corrected chi connectivity index (χ0v) is 20.5. The molecule has 6 nitrogen and oxygen atoms in total. The maximum absolute atomic E-state index is 13.4. The summed E-state index contributed by atoms with van der Waals surface area (Å²) >= 11 is 0. The van der Waals surface area contributed by atoms with Gasteiger partial charge < -0.3 is 15.2 Å². The minimum absolute atomic E-state index is 0.0409. The van der Waals surface area contributed by atoms with E-state index in [2.05, 4.69) is 13.8 Å². The van der Waals surface area contributed by atoms with Crippen LogP contribution in [-0.4, -0.2) is 16.9 Å². The monoisotopic (exact) mass is 460 g/mol. The number of aryl methyl sites for hydroxylation is 2. The van der Waals surface area contributed by atoms with Crippen LogP contribution in [0.1, 0.15) is 59.2 Å². The largest absolute Gasteiger partial charge is 0.457 e. The number of hydrogen-bond acceptors (Lipinski definition) is 6. The van der Waals surface area contributed by atoms with Gasteiger partial charge in [0.1, 0.15) is 12.4 Å². The predicted molar refractivity (Wildman–Crippen MR) is 132 cm³/mol. The zero-order chi connectivity index (χ0) is 24.8. The van der Waals surface area contributed by atoms with E-state index in [0.717, 1.165) is 34.4 Å². The molecule has 34 heavy (non-hydrogen) atoms. The van der Waals surface area contributed by atoms with Crippen LogP contribution in [-0.2, 0) is 29.1 Å². The molecule has 0 aliphatic rings. The first-order chi connectivity index (χ1) is 16.2. The van der Waals surface area contributed by atoms with Crippen molar-refractivity contribution in [3.05, 3.63) is 82.2 Å². The van der Waals surface area contributed by atoms with Gasteiger partial charge in [-0.2, -0.15) is 0 Å². The lowest BCUT2D eigenvalue weighted by atomic mass is 9.90. The number of benzene rings is 2. The Morgan fingerprint density at radius 3 is 2.32 bits per heavy atom. The van der Waals surface area contributed by atoms with E-state index in [0.29, 0.717) is 28.5 Å². The van der Waals surface area contributed by atoms with Crippen molar-refractivity contribution in [2.45, 2.75) is 54.2 Å². The van der Waals surface area contributed by atoms with Gasteiger partial charge in [-0.3, -0.25) is 9.78 Å². The number of hydrogen-bond donors (Lipinski definition) is 1. The van der Waals surface area contributed by atoms with Gasteiger partial charge >= 0.3 is 11.9 Å². The highest BCUT2D eigenvalue weighted by Gasteiger charge is 2.25. The van der Waals surface area contributed by atoms with E-state index in [-0.39, 0.29) is 13.2 Å². The molecular formula is C28H32N2O4. The molecule has 0 saturated carbocycles. The van der Waals surface area contributed by atoms with Crippen molar-refractivity contribution in [1.82, 2.24) is 4.98 Å². The van der Waals surface area contributed by atoms with Crippen LogP contribution in [0.4, 0.5) is 0 Å². The fourth-order valence-electron chi connectivity index (χ4n) is 3.96. The lowest BCUT2D eigenvalue weighted by Crippen LogP contribution is -2.17. The van der Waals surface area contributed by atoms with Crippen molar-refractivity contribution in [3.8, 4) is 16.9 Å². The smallest absolute Gasteiger partial charge is 0.340 e. The number of nitrogens with zero attached hydrogens (tertiary/aromatic N) is 1. The normalized spacial score (nSPS) is 10.9. The molecule has 0 atom stereocenters. The highest BCUT2D eigenvalue weighted by Crippen LogP contribution is 2.33. The van der Waals surface area contributed by atoms with Crippen LogP contribution in [0, 0.1) is 19.8 Å².